The highest BCUT2D eigenvalue weighted by Gasteiger charge is 2.08. The molecule has 0 aromatic carbocycles. The third-order valence-corrected chi connectivity index (χ3v) is 3.60. The maximum atomic E-state index is 8.76. The van der Waals surface area contributed by atoms with Gasteiger partial charge in [0.1, 0.15) is 6.07 Å². The Morgan fingerprint density at radius 1 is 1.56 bits per heavy atom. The molecule has 2 aromatic heterocycles. The standard InChI is InChI=1S/C13H14N4S/c1-17(5-4-11-3-2-6-18-11)13-12(15)7-10(8-14)9-16-13/h2-3,6-7,9H,4-5,15H2,1H3. The number of anilines is 2. The summed E-state index contributed by atoms with van der Waals surface area (Å²) in [5.74, 6) is 0.727. The number of likely N-dealkylation sites (N-methyl/N-ethyl adjacent to an activating group) is 1. The molecule has 2 heterocycles. The molecule has 5 heteroatoms. The van der Waals surface area contributed by atoms with E-state index in [1.165, 1.54) is 4.88 Å². The van der Waals surface area contributed by atoms with Gasteiger partial charge < -0.3 is 10.6 Å². The zero-order valence-electron chi connectivity index (χ0n) is 10.1. The Balaban J connectivity index is 2.05. The minimum absolute atomic E-state index is 0.489. The highest BCUT2D eigenvalue weighted by atomic mass is 32.1. The molecule has 0 unspecified atom stereocenters. The molecule has 0 atom stereocenters. The summed E-state index contributed by atoms with van der Waals surface area (Å²) in [5.41, 5.74) is 6.93. The Hall–Kier alpha value is -2.06. The van der Waals surface area contributed by atoms with Crippen LogP contribution >= 0.6 is 11.3 Å². The Kier molecular flexibility index (Phi) is 3.80. The molecule has 4 nitrogen and oxygen atoms in total. The molecule has 18 heavy (non-hydrogen) atoms. The van der Waals surface area contributed by atoms with Crippen LogP contribution in [0, 0.1) is 11.3 Å². The van der Waals surface area contributed by atoms with Gasteiger partial charge in [0.15, 0.2) is 5.82 Å². The molecule has 0 aliphatic rings. The van der Waals surface area contributed by atoms with Gasteiger partial charge >= 0.3 is 0 Å². The number of aromatic nitrogens is 1. The minimum Gasteiger partial charge on any atom is -0.396 e. The molecule has 2 aromatic rings. The van der Waals surface area contributed by atoms with Crippen LogP contribution in [0.3, 0.4) is 0 Å². The van der Waals surface area contributed by atoms with Crippen LogP contribution in [-0.2, 0) is 6.42 Å². The average molecular weight is 258 g/mol. The number of pyridine rings is 1. The monoisotopic (exact) mass is 258 g/mol. The Bertz CT molecular complexity index is 557. The number of nitriles is 1. The van der Waals surface area contributed by atoms with E-state index in [1.807, 2.05) is 24.1 Å². The number of nitrogens with two attached hydrogens (primary N) is 1. The second-order valence-corrected chi connectivity index (χ2v) is 5.03. The van der Waals surface area contributed by atoms with Crippen molar-refractivity contribution >= 4 is 22.8 Å². The van der Waals surface area contributed by atoms with Gasteiger partial charge in [0, 0.05) is 24.7 Å². The van der Waals surface area contributed by atoms with Gasteiger partial charge in [-0.15, -0.1) is 11.3 Å². The Morgan fingerprint density at radius 3 is 3.00 bits per heavy atom. The predicted molar refractivity (Wildman–Crippen MR) is 74.7 cm³/mol. The summed E-state index contributed by atoms with van der Waals surface area (Å²) < 4.78 is 0. The second kappa shape index (κ2) is 5.52. The van der Waals surface area contributed by atoms with Crippen LogP contribution in [-0.4, -0.2) is 18.6 Å². The number of hydrogen-bond acceptors (Lipinski definition) is 5. The first kappa shape index (κ1) is 12.4. The molecule has 92 valence electrons. The van der Waals surface area contributed by atoms with Crippen molar-refractivity contribution in [2.75, 3.05) is 24.2 Å². The summed E-state index contributed by atoms with van der Waals surface area (Å²) in [5, 5.41) is 10.8. The molecule has 0 bridgehead atoms. The molecule has 2 rings (SSSR count). The van der Waals surface area contributed by atoms with E-state index in [9.17, 15) is 0 Å². The van der Waals surface area contributed by atoms with Crippen LogP contribution in [0.2, 0.25) is 0 Å². The predicted octanol–water partition coefficient (Wildman–Crippen LogP) is 2.28. The fraction of sp³-hybridized carbons (Fsp3) is 0.231. The lowest BCUT2D eigenvalue weighted by Gasteiger charge is -2.19. The topological polar surface area (TPSA) is 65.9 Å². The molecular formula is C13H14N4S. The molecule has 0 amide bonds. The van der Waals surface area contributed by atoms with Gasteiger partial charge in [-0.2, -0.15) is 5.26 Å². The molecule has 0 spiro atoms. The van der Waals surface area contributed by atoms with E-state index < -0.39 is 0 Å². The lowest BCUT2D eigenvalue weighted by atomic mass is 10.2. The lowest BCUT2D eigenvalue weighted by Crippen LogP contribution is -2.22. The van der Waals surface area contributed by atoms with E-state index in [4.69, 9.17) is 11.0 Å². The van der Waals surface area contributed by atoms with Crippen molar-refractivity contribution in [1.29, 1.82) is 5.26 Å². The first-order chi connectivity index (χ1) is 8.70. The maximum Gasteiger partial charge on any atom is 0.151 e. The summed E-state index contributed by atoms with van der Waals surface area (Å²) in [6, 6.07) is 7.85. The molecule has 2 N–H and O–H groups in total. The third kappa shape index (κ3) is 2.79. The van der Waals surface area contributed by atoms with E-state index in [1.54, 1.807) is 23.6 Å². The fourth-order valence-corrected chi connectivity index (χ4v) is 2.39. The van der Waals surface area contributed by atoms with Crippen LogP contribution < -0.4 is 10.6 Å². The number of rotatable bonds is 4. The number of hydrogen-bond donors (Lipinski definition) is 1. The van der Waals surface area contributed by atoms with Gasteiger partial charge in [-0.1, -0.05) is 6.07 Å². The van der Waals surface area contributed by atoms with Crippen LogP contribution in [0.5, 0.6) is 0 Å². The van der Waals surface area contributed by atoms with Gasteiger partial charge in [0.2, 0.25) is 0 Å². The van der Waals surface area contributed by atoms with Gasteiger partial charge in [0.05, 0.1) is 11.3 Å². The van der Waals surface area contributed by atoms with E-state index in [2.05, 4.69) is 16.4 Å². The minimum atomic E-state index is 0.489. The largest absolute Gasteiger partial charge is 0.396 e. The molecule has 0 saturated heterocycles. The lowest BCUT2D eigenvalue weighted by molar-refractivity contribution is 0.870. The van der Waals surface area contributed by atoms with Crippen molar-refractivity contribution in [3.05, 3.63) is 40.2 Å². The summed E-state index contributed by atoms with van der Waals surface area (Å²) in [7, 11) is 1.96. The van der Waals surface area contributed by atoms with Gasteiger partial charge in [-0.05, 0) is 23.9 Å². The summed E-state index contributed by atoms with van der Waals surface area (Å²) >= 11 is 1.75. The van der Waals surface area contributed by atoms with Gasteiger partial charge in [-0.3, -0.25) is 0 Å². The van der Waals surface area contributed by atoms with Gasteiger partial charge in [0.25, 0.3) is 0 Å². The molecule has 0 aliphatic carbocycles. The zero-order chi connectivity index (χ0) is 13.0. The normalized spacial score (nSPS) is 10.0. The van der Waals surface area contributed by atoms with E-state index in [0.29, 0.717) is 11.3 Å². The van der Waals surface area contributed by atoms with Gasteiger partial charge in [-0.25, -0.2) is 4.98 Å². The molecule has 0 saturated carbocycles. The van der Waals surface area contributed by atoms with Crippen molar-refractivity contribution in [3.8, 4) is 6.07 Å². The highest BCUT2D eigenvalue weighted by molar-refractivity contribution is 7.09. The van der Waals surface area contributed by atoms with Crippen LogP contribution in [0.25, 0.3) is 0 Å². The van der Waals surface area contributed by atoms with Crippen molar-refractivity contribution in [1.82, 2.24) is 4.98 Å². The smallest absolute Gasteiger partial charge is 0.151 e. The fourth-order valence-electron chi connectivity index (χ4n) is 1.69. The van der Waals surface area contributed by atoms with Crippen LogP contribution in [0.15, 0.2) is 29.8 Å². The average Bonchev–Trinajstić information content (AvgIpc) is 2.88. The Labute approximate surface area is 110 Å². The van der Waals surface area contributed by atoms with Crippen molar-refractivity contribution in [2.24, 2.45) is 0 Å². The van der Waals surface area contributed by atoms with Crippen molar-refractivity contribution < 1.29 is 0 Å². The van der Waals surface area contributed by atoms with E-state index in [0.717, 1.165) is 18.8 Å². The molecular weight excluding hydrogens is 244 g/mol. The van der Waals surface area contributed by atoms with Crippen LogP contribution in [0.1, 0.15) is 10.4 Å². The number of nitrogen functional groups attached to an aromatic ring is 1. The summed E-state index contributed by atoms with van der Waals surface area (Å²) in [4.78, 5) is 7.58. The SMILES string of the molecule is CN(CCc1cccs1)c1ncc(C#N)cc1N. The Morgan fingerprint density at radius 2 is 2.39 bits per heavy atom. The number of thiophene rings is 1. The number of nitrogens with zero attached hydrogens (tertiary/aromatic N) is 3. The van der Waals surface area contributed by atoms with E-state index in [-0.39, 0.29) is 0 Å². The summed E-state index contributed by atoms with van der Waals surface area (Å²) in [6.45, 7) is 0.851. The zero-order valence-corrected chi connectivity index (χ0v) is 10.9. The van der Waals surface area contributed by atoms with E-state index >= 15 is 0 Å². The second-order valence-electron chi connectivity index (χ2n) is 4.00. The maximum absolute atomic E-state index is 8.76. The van der Waals surface area contributed by atoms with Crippen molar-refractivity contribution in [2.45, 2.75) is 6.42 Å². The van der Waals surface area contributed by atoms with Crippen LogP contribution in [0.4, 0.5) is 11.5 Å². The molecule has 0 aliphatic heterocycles. The first-order valence-electron chi connectivity index (χ1n) is 5.60. The highest BCUT2D eigenvalue weighted by Crippen LogP contribution is 2.20. The summed E-state index contributed by atoms with van der Waals surface area (Å²) in [6.07, 6.45) is 2.52. The molecule has 0 radical (unpaired) electrons. The third-order valence-electron chi connectivity index (χ3n) is 2.66. The quantitative estimate of drug-likeness (QED) is 0.913. The van der Waals surface area contributed by atoms with Crippen molar-refractivity contribution in [3.63, 3.8) is 0 Å². The first-order valence-corrected chi connectivity index (χ1v) is 6.48. The molecule has 0 fully saturated rings.